The minimum absolute atomic E-state index is 0.185. The summed E-state index contributed by atoms with van der Waals surface area (Å²) in [7, 11) is 1.61. The van der Waals surface area contributed by atoms with E-state index in [0.29, 0.717) is 6.54 Å². The standard InChI is InChI=1S/C13H17NO4/c1-8(15)18-13-11(16)7-14-12(13)9-3-5-10(17-2)6-4-9/h3-6,11-14,16H,7H2,1-2H3. The second-order valence-corrected chi connectivity index (χ2v) is 4.30. The van der Waals surface area contributed by atoms with Gasteiger partial charge < -0.3 is 19.9 Å². The number of rotatable bonds is 3. The lowest BCUT2D eigenvalue weighted by Crippen LogP contribution is -2.31. The van der Waals surface area contributed by atoms with Gasteiger partial charge >= 0.3 is 5.97 Å². The SMILES string of the molecule is COc1ccc(C2NCC(O)C2OC(C)=O)cc1. The van der Waals surface area contributed by atoms with Gasteiger partial charge in [0.2, 0.25) is 0 Å². The summed E-state index contributed by atoms with van der Waals surface area (Å²) < 4.78 is 10.3. The van der Waals surface area contributed by atoms with Crippen LogP contribution in [0.5, 0.6) is 5.75 Å². The average molecular weight is 251 g/mol. The lowest BCUT2D eigenvalue weighted by molar-refractivity contribution is -0.151. The number of methoxy groups -OCH3 is 1. The van der Waals surface area contributed by atoms with Crippen LogP contribution in [0.1, 0.15) is 18.5 Å². The molecule has 18 heavy (non-hydrogen) atoms. The maximum absolute atomic E-state index is 11.0. The third-order valence-electron chi connectivity index (χ3n) is 3.03. The van der Waals surface area contributed by atoms with Crippen LogP contribution in [0.4, 0.5) is 0 Å². The fraction of sp³-hybridized carbons (Fsp3) is 0.462. The van der Waals surface area contributed by atoms with Crippen molar-refractivity contribution in [2.24, 2.45) is 0 Å². The van der Waals surface area contributed by atoms with Crippen molar-refractivity contribution in [3.05, 3.63) is 29.8 Å². The molecule has 1 aliphatic heterocycles. The van der Waals surface area contributed by atoms with Crippen molar-refractivity contribution >= 4 is 5.97 Å². The van der Waals surface area contributed by atoms with Crippen molar-refractivity contribution in [3.63, 3.8) is 0 Å². The fourth-order valence-electron chi connectivity index (χ4n) is 2.16. The highest BCUT2D eigenvalue weighted by Gasteiger charge is 2.38. The molecule has 0 spiro atoms. The number of aliphatic hydroxyl groups is 1. The molecule has 1 aromatic carbocycles. The summed E-state index contributed by atoms with van der Waals surface area (Å²) in [6.07, 6.45) is -1.23. The van der Waals surface area contributed by atoms with Gasteiger partial charge in [-0.2, -0.15) is 0 Å². The van der Waals surface area contributed by atoms with Crippen molar-refractivity contribution in [1.29, 1.82) is 0 Å². The zero-order chi connectivity index (χ0) is 13.1. The number of benzene rings is 1. The monoisotopic (exact) mass is 251 g/mol. The molecule has 98 valence electrons. The van der Waals surface area contributed by atoms with E-state index >= 15 is 0 Å². The molecule has 0 aliphatic carbocycles. The Labute approximate surface area is 106 Å². The first-order valence-electron chi connectivity index (χ1n) is 5.84. The van der Waals surface area contributed by atoms with Gasteiger partial charge in [0.15, 0.2) is 0 Å². The second-order valence-electron chi connectivity index (χ2n) is 4.30. The van der Waals surface area contributed by atoms with E-state index < -0.39 is 12.2 Å². The molecule has 1 aromatic rings. The summed E-state index contributed by atoms with van der Waals surface area (Å²) in [5, 5.41) is 13.0. The molecule has 0 amide bonds. The van der Waals surface area contributed by atoms with Crippen LogP contribution in [0.25, 0.3) is 0 Å². The summed E-state index contributed by atoms with van der Waals surface area (Å²) >= 11 is 0. The summed E-state index contributed by atoms with van der Waals surface area (Å²) in [6, 6.07) is 7.28. The Bertz CT molecular complexity index is 418. The summed E-state index contributed by atoms with van der Waals surface area (Å²) in [5.74, 6) is 0.377. The van der Waals surface area contributed by atoms with Crippen molar-refractivity contribution in [2.45, 2.75) is 25.2 Å². The van der Waals surface area contributed by atoms with E-state index in [1.165, 1.54) is 6.92 Å². The van der Waals surface area contributed by atoms with E-state index in [2.05, 4.69) is 5.32 Å². The molecule has 1 aliphatic rings. The predicted octanol–water partition coefficient (Wildman–Crippen LogP) is 0.632. The van der Waals surface area contributed by atoms with Crippen molar-refractivity contribution < 1.29 is 19.4 Å². The quantitative estimate of drug-likeness (QED) is 0.771. The highest BCUT2D eigenvalue weighted by atomic mass is 16.6. The van der Waals surface area contributed by atoms with E-state index in [0.717, 1.165) is 11.3 Å². The van der Waals surface area contributed by atoms with E-state index in [1.54, 1.807) is 7.11 Å². The Hall–Kier alpha value is -1.59. The molecule has 5 heteroatoms. The van der Waals surface area contributed by atoms with Gasteiger partial charge in [-0.05, 0) is 17.7 Å². The first-order chi connectivity index (χ1) is 8.61. The molecule has 0 bridgehead atoms. The molecule has 2 N–H and O–H groups in total. The van der Waals surface area contributed by atoms with E-state index in [4.69, 9.17) is 9.47 Å². The molecule has 5 nitrogen and oxygen atoms in total. The third kappa shape index (κ3) is 2.63. The number of esters is 1. The largest absolute Gasteiger partial charge is 0.497 e. The third-order valence-corrected chi connectivity index (χ3v) is 3.03. The van der Waals surface area contributed by atoms with Gasteiger partial charge in [0, 0.05) is 13.5 Å². The normalized spacial score (nSPS) is 26.9. The lowest BCUT2D eigenvalue weighted by atomic mass is 10.0. The number of nitrogens with one attached hydrogen (secondary N) is 1. The molecule has 2 rings (SSSR count). The Morgan fingerprint density at radius 3 is 2.61 bits per heavy atom. The highest BCUT2D eigenvalue weighted by molar-refractivity contribution is 5.66. The summed E-state index contributed by atoms with van der Waals surface area (Å²) in [6.45, 7) is 1.75. The fourth-order valence-corrected chi connectivity index (χ4v) is 2.16. The van der Waals surface area contributed by atoms with Crippen molar-refractivity contribution in [3.8, 4) is 5.75 Å². The van der Waals surface area contributed by atoms with Gasteiger partial charge in [-0.15, -0.1) is 0 Å². The number of ether oxygens (including phenoxy) is 2. The number of carbonyl (C=O) groups excluding carboxylic acids is 1. The van der Waals surface area contributed by atoms with Crippen LogP contribution in [0, 0.1) is 0 Å². The zero-order valence-corrected chi connectivity index (χ0v) is 10.4. The van der Waals surface area contributed by atoms with Gasteiger partial charge in [-0.3, -0.25) is 4.79 Å². The van der Waals surface area contributed by atoms with Gasteiger partial charge in [-0.1, -0.05) is 12.1 Å². The molecular formula is C13H17NO4. The zero-order valence-electron chi connectivity index (χ0n) is 10.4. The van der Waals surface area contributed by atoms with Crippen LogP contribution >= 0.6 is 0 Å². The maximum Gasteiger partial charge on any atom is 0.303 e. The van der Waals surface area contributed by atoms with Crippen LogP contribution in [0.2, 0.25) is 0 Å². The van der Waals surface area contributed by atoms with Crippen molar-refractivity contribution in [1.82, 2.24) is 5.32 Å². The number of aliphatic hydroxyl groups excluding tert-OH is 1. The van der Waals surface area contributed by atoms with Crippen LogP contribution < -0.4 is 10.1 Å². The minimum atomic E-state index is -0.680. The smallest absolute Gasteiger partial charge is 0.303 e. The van der Waals surface area contributed by atoms with Crippen LogP contribution in [-0.4, -0.2) is 36.9 Å². The second kappa shape index (κ2) is 5.37. The van der Waals surface area contributed by atoms with Crippen LogP contribution in [-0.2, 0) is 9.53 Å². The molecule has 1 heterocycles. The highest BCUT2D eigenvalue weighted by Crippen LogP contribution is 2.28. The Morgan fingerprint density at radius 1 is 1.39 bits per heavy atom. The van der Waals surface area contributed by atoms with E-state index in [1.807, 2.05) is 24.3 Å². The van der Waals surface area contributed by atoms with Gasteiger partial charge in [-0.25, -0.2) is 0 Å². The average Bonchev–Trinajstić information content (AvgIpc) is 2.71. The van der Waals surface area contributed by atoms with Crippen molar-refractivity contribution in [2.75, 3.05) is 13.7 Å². The van der Waals surface area contributed by atoms with Crippen LogP contribution in [0.3, 0.4) is 0 Å². The number of β-amino-alcohol motifs (C(OH)–C–C–N with tert-alkyl or cyclic N) is 1. The summed E-state index contributed by atoms with van der Waals surface area (Å²) in [4.78, 5) is 11.0. The Balaban J connectivity index is 2.17. The van der Waals surface area contributed by atoms with E-state index in [9.17, 15) is 9.90 Å². The summed E-state index contributed by atoms with van der Waals surface area (Å²) in [5.41, 5.74) is 0.957. The lowest BCUT2D eigenvalue weighted by Gasteiger charge is -2.21. The number of hydrogen-bond donors (Lipinski definition) is 2. The topological polar surface area (TPSA) is 67.8 Å². The van der Waals surface area contributed by atoms with Gasteiger partial charge in [0.25, 0.3) is 0 Å². The Morgan fingerprint density at radius 2 is 2.06 bits per heavy atom. The molecule has 1 fully saturated rings. The van der Waals surface area contributed by atoms with Crippen LogP contribution in [0.15, 0.2) is 24.3 Å². The maximum atomic E-state index is 11.0. The number of hydrogen-bond acceptors (Lipinski definition) is 5. The minimum Gasteiger partial charge on any atom is -0.497 e. The molecule has 3 unspecified atom stereocenters. The molecule has 0 saturated carbocycles. The van der Waals surface area contributed by atoms with Gasteiger partial charge in [0.05, 0.1) is 13.2 Å². The van der Waals surface area contributed by atoms with E-state index in [-0.39, 0.29) is 12.0 Å². The first kappa shape index (κ1) is 12.9. The number of carbonyl (C=O) groups is 1. The molecule has 0 radical (unpaired) electrons. The molecule has 0 aromatic heterocycles. The molecule has 1 saturated heterocycles. The molecule has 3 atom stereocenters. The Kier molecular flexibility index (Phi) is 3.84. The van der Waals surface area contributed by atoms with Gasteiger partial charge in [0.1, 0.15) is 18.0 Å². The molecular weight excluding hydrogens is 234 g/mol. The predicted molar refractivity (Wildman–Crippen MR) is 65.3 cm³/mol. The first-order valence-corrected chi connectivity index (χ1v) is 5.84.